The summed E-state index contributed by atoms with van der Waals surface area (Å²) in [4.78, 5) is 13.6. The lowest BCUT2D eigenvalue weighted by Gasteiger charge is -2.02. The van der Waals surface area contributed by atoms with Crippen molar-refractivity contribution in [1.29, 1.82) is 0 Å². The van der Waals surface area contributed by atoms with Gasteiger partial charge in [0, 0.05) is 17.6 Å². The number of halogens is 1. The van der Waals surface area contributed by atoms with Crippen molar-refractivity contribution in [2.45, 2.75) is 6.42 Å². The molecule has 1 aromatic heterocycles. The van der Waals surface area contributed by atoms with Crippen molar-refractivity contribution < 1.29 is 14.6 Å². The molecule has 2 N–H and O–H groups in total. The summed E-state index contributed by atoms with van der Waals surface area (Å²) in [6, 6.07) is 3.46. The molecule has 0 amide bonds. The van der Waals surface area contributed by atoms with Gasteiger partial charge in [-0.05, 0) is 11.6 Å². The molecule has 16 heavy (non-hydrogen) atoms. The van der Waals surface area contributed by atoms with E-state index in [1.807, 2.05) is 0 Å². The van der Waals surface area contributed by atoms with Crippen LogP contribution in [0.3, 0.4) is 0 Å². The summed E-state index contributed by atoms with van der Waals surface area (Å²) < 4.78 is 5.09. The highest BCUT2D eigenvalue weighted by Crippen LogP contribution is 2.30. The van der Waals surface area contributed by atoms with Crippen molar-refractivity contribution in [2.24, 2.45) is 0 Å². The first-order chi connectivity index (χ1) is 7.61. The maximum absolute atomic E-state index is 10.7. The van der Waals surface area contributed by atoms with Crippen molar-refractivity contribution in [2.75, 3.05) is 7.11 Å². The highest BCUT2D eigenvalue weighted by Gasteiger charge is 2.11. The van der Waals surface area contributed by atoms with Crippen LogP contribution in [0.5, 0.6) is 5.75 Å². The van der Waals surface area contributed by atoms with E-state index in [0.29, 0.717) is 16.3 Å². The molecule has 0 atom stereocenters. The Balaban J connectivity index is 2.60. The number of aromatic amines is 1. The quantitative estimate of drug-likeness (QED) is 0.865. The van der Waals surface area contributed by atoms with Crippen LogP contribution in [0.4, 0.5) is 0 Å². The first-order valence-corrected chi connectivity index (χ1v) is 5.05. The van der Waals surface area contributed by atoms with E-state index in [1.54, 1.807) is 25.4 Å². The molecule has 1 aromatic carbocycles. The fourth-order valence-electron chi connectivity index (χ4n) is 1.65. The normalized spacial score (nSPS) is 10.6. The Morgan fingerprint density at radius 1 is 1.56 bits per heavy atom. The van der Waals surface area contributed by atoms with Crippen molar-refractivity contribution in [3.63, 3.8) is 0 Å². The van der Waals surface area contributed by atoms with Crippen LogP contribution in [-0.2, 0) is 11.2 Å². The highest BCUT2D eigenvalue weighted by molar-refractivity contribution is 6.35. The fourth-order valence-corrected chi connectivity index (χ4v) is 1.91. The third kappa shape index (κ3) is 1.84. The number of benzene rings is 1. The van der Waals surface area contributed by atoms with Crippen LogP contribution >= 0.6 is 11.6 Å². The molecule has 0 bridgehead atoms. The van der Waals surface area contributed by atoms with Gasteiger partial charge in [-0.25, -0.2) is 0 Å². The average Bonchev–Trinajstić information content (AvgIpc) is 2.61. The summed E-state index contributed by atoms with van der Waals surface area (Å²) in [5.74, 6) is -0.261. The third-order valence-electron chi connectivity index (χ3n) is 2.38. The largest absolute Gasteiger partial charge is 0.497 e. The molecule has 0 radical (unpaired) electrons. The van der Waals surface area contributed by atoms with E-state index in [9.17, 15) is 4.79 Å². The standard InChI is InChI=1S/C11H10ClNO3/c1-16-7-3-8-6(2-10(14)15)5-13-11(8)9(12)4-7/h3-5,13H,2H2,1H3,(H,14,15). The third-order valence-corrected chi connectivity index (χ3v) is 2.68. The smallest absolute Gasteiger partial charge is 0.307 e. The Bertz CT molecular complexity index is 547. The number of carboxylic acid groups (broad SMARTS) is 1. The second kappa shape index (κ2) is 4.06. The monoisotopic (exact) mass is 239 g/mol. The first kappa shape index (κ1) is 10.8. The zero-order valence-corrected chi connectivity index (χ0v) is 9.34. The van der Waals surface area contributed by atoms with Gasteiger partial charge in [0.05, 0.1) is 24.1 Å². The minimum Gasteiger partial charge on any atom is -0.497 e. The topological polar surface area (TPSA) is 62.3 Å². The fraction of sp³-hybridized carbons (Fsp3) is 0.182. The number of carboxylic acids is 1. The molecule has 0 aliphatic rings. The summed E-state index contributed by atoms with van der Waals surface area (Å²) in [5.41, 5.74) is 1.43. The van der Waals surface area contributed by atoms with E-state index in [0.717, 1.165) is 10.9 Å². The van der Waals surface area contributed by atoms with Gasteiger partial charge in [-0.3, -0.25) is 4.79 Å². The van der Waals surface area contributed by atoms with Gasteiger partial charge in [0.2, 0.25) is 0 Å². The van der Waals surface area contributed by atoms with E-state index < -0.39 is 5.97 Å². The van der Waals surface area contributed by atoms with Gasteiger partial charge in [0.1, 0.15) is 5.75 Å². The van der Waals surface area contributed by atoms with Gasteiger partial charge in [-0.1, -0.05) is 11.6 Å². The minimum absolute atomic E-state index is 0.0382. The van der Waals surface area contributed by atoms with Crippen molar-refractivity contribution >= 4 is 28.5 Å². The lowest BCUT2D eigenvalue weighted by molar-refractivity contribution is -0.136. The molecular weight excluding hydrogens is 230 g/mol. The summed E-state index contributed by atoms with van der Waals surface area (Å²) in [6.07, 6.45) is 1.62. The lowest BCUT2D eigenvalue weighted by Crippen LogP contribution is -1.98. The van der Waals surface area contributed by atoms with Crippen LogP contribution in [0.2, 0.25) is 5.02 Å². The lowest BCUT2D eigenvalue weighted by atomic mass is 10.1. The molecule has 5 heteroatoms. The number of nitrogens with one attached hydrogen (secondary N) is 1. The van der Waals surface area contributed by atoms with Crippen molar-refractivity contribution in [3.8, 4) is 5.75 Å². The summed E-state index contributed by atoms with van der Waals surface area (Å²) in [5, 5.41) is 10.1. The molecule has 0 aliphatic heterocycles. The average molecular weight is 240 g/mol. The van der Waals surface area contributed by atoms with E-state index in [1.165, 1.54) is 0 Å². The predicted octanol–water partition coefficient (Wildman–Crippen LogP) is 2.46. The molecule has 4 nitrogen and oxygen atoms in total. The molecule has 1 heterocycles. The van der Waals surface area contributed by atoms with Crippen molar-refractivity contribution in [1.82, 2.24) is 4.98 Å². The summed E-state index contributed by atoms with van der Waals surface area (Å²) in [7, 11) is 1.54. The van der Waals surface area contributed by atoms with Gasteiger partial charge >= 0.3 is 5.97 Å². The number of aromatic nitrogens is 1. The SMILES string of the molecule is COc1cc(Cl)c2[nH]cc(CC(=O)O)c2c1. The summed E-state index contributed by atoms with van der Waals surface area (Å²) >= 11 is 6.03. The zero-order chi connectivity index (χ0) is 11.7. The number of methoxy groups -OCH3 is 1. The Morgan fingerprint density at radius 2 is 2.31 bits per heavy atom. The Kier molecular flexibility index (Phi) is 2.75. The molecule has 0 saturated heterocycles. The number of carbonyl (C=O) groups is 1. The minimum atomic E-state index is -0.875. The van der Waals surface area contributed by atoms with Crippen LogP contribution in [0.25, 0.3) is 10.9 Å². The number of hydrogen-bond donors (Lipinski definition) is 2. The molecule has 84 valence electrons. The Labute approximate surface area is 96.8 Å². The molecule has 0 fully saturated rings. The number of aliphatic carboxylic acids is 1. The van der Waals surface area contributed by atoms with Crippen molar-refractivity contribution in [3.05, 3.63) is 28.9 Å². The van der Waals surface area contributed by atoms with Crippen LogP contribution in [0.1, 0.15) is 5.56 Å². The van der Waals surface area contributed by atoms with Gasteiger partial charge < -0.3 is 14.8 Å². The number of fused-ring (bicyclic) bond motifs is 1. The molecular formula is C11H10ClNO3. The number of rotatable bonds is 3. The van der Waals surface area contributed by atoms with Gasteiger partial charge in [0.25, 0.3) is 0 Å². The van der Waals surface area contributed by atoms with Gasteiger partial charge in [-0.15, -0.1) is 0 Å². The van der Waals surface area contributed by atoms with E-state index in [-0.39, 0.29) is 6.42 Å². The second-order valence-corrected chi connectivity index (χ2v) is 3.82. The molecule has 2 aromatic rings. The first-order valence-electron chi connectivity index (χ1n) is 4.67. The zero-order valence-electron chi connectivity index (χ0n) is 8.58. The van der Waals surface area contributed by atoms with E-state index in [4.69, 9.17) is 21.4 Å². The van der Waals surface area contributed by atoms with Gasteiger partial charge in [0.15, 0.2) is 0 Å². The second-order valence-electron chi connectivity index (χ2n) is 3.42. The molecule has 2 rings (SSSR count). The maximum atomic E-state index is 10.7. The van der Waals surface area contributed by atoms with Crippen LogP contribution in [-0.4, -0.2) is 23.2 Å². The summed E-state index contributed by atoms with van der Waals surface area (Å²) in [6.45, 7) is 0. The van der Waals surface area contributed by atoms with Crippen LogP contribution in [0, 0.1) is 0 Å². The Hall–Kier alpha value is -1.68. The van der Waals surface area contributed by atoms with E-state index >= 15 is 0 Å². The number of hydrogen-bond acceptors (Lipinski definition) is 2. The molecule has 0 aliphatic carbocycles. The number of H-pyrrole nitrogens is 1. The molecule has 0 spiro atoms. The molecule has 0 saturated carbocycles. The number of ether oxygens (including phenoxy) is 1. The van der Waals surface area contributed by atoms with Gasteiger partial charge in [-0.2, -0.15) is 0 Å². The highest BCUT2D eigenvalue weighted by atomic mass is 35.5. The van der Waals surface area contributed by atoms with E-state index in [2.05, 4.69) is 4.98 Å². The van der Waals surface area contributed by atoms with Crippen LogP contribution in [0.15, 0.2) is 18.3 Å². The predicted molar refractivity (Wildman–Crippen MR) is 61.2 cm³/mol. The maximum Gasteiger partial charge on any atom is 0.307 e. The Morgan fingerprint density at radius 3 is 2.94 bits per heavy atom. The van der Waals surface area contributed by atoms with Crippen LogP contribution < -0.4 is 4.74 Å². The molecule has 0 unspecified atom stereocenters.